The fourth-order valence-electron chi connectivity index (χ4n) is 1.65. The molecule has 17 heavy (non-hydrogen) atoms. The Morgan fingerprint density at radius 3 is 2.41 bits per heavy atom. The largest absolute Gasteiger partial charge is 0.309 e. The minimum atomic E-state index is -3.12. The lowest BCUT2D eigenvalue weighted by Crippen LogP contribution is -2.31. The van der Waals surface area contributed by atoms with Crippen LogP contribution in [0.1, 0.15) is 24.9 Å². The molecule has 96 valence electrons. The Balaban J connectivity index is 2.50. The zero-order chi connectivity index (χ0) is 12.7. The molecule has 0 aromatic heterocycles. The van der Waals surface area contributed by atoms with E-state index in [9.17, 15) is 8.42 Å². The molecule has 0 saturated carbocycles. The third-order valence-electron chi connectivity index (χ3n) is 2.68. The predicted molar refractivity (Wildman–Crippen MR) is 70.3 cm³/mol. The van der Waals surface area contributed by atoms with Crippen molar-refractivity contribution < 1.29 is 8.42 Å². The fourth-order valence-corrected chi connectivity index (χ4v) is 2.24. The Morgan fingerprint density at radius 1 is 1.24 bits per heavy atom. The smallest absolute Gasteiger partial charge is 0.212 e. The Bertz CT molecular complexity index is 417. The molecule has 1 unspecified atom stereocenters. The fraction of sp³-hybridized carbons (Fsp3) is 0.500. The number of hydrogen-bond acceptors (Lipinski definition) is 3. The zero-order valence-corrected chi connectivity index (χ0v) is 11.1. The van der Waals surface area contributed by atoms with Gasteiger partial charge in [0.1, 0.15) is 0 Å². The third kappa shape index (κ3) is 4.85. The van der Waals surface area contributed by atoms with Gasteiger partial charge in [0.25, 0.3) is 0 Å². The van der Waals surface area contributed by atoms with Crippen molar-refractivity contribution in [3.8, 4) is 0 Å². The van der Waals surface area contributed by atoms with Gasteiger partial charge in [0.2, 0.25) is 10.0 Å². The molecule has 0 heterocycles. The van der Waals surface area contributed by atoms with Crippen LogP contribution in [0.2, 0.25) is 0 Å². The van der Waals surface area contributed by atoms with E-state index >= 15 is 0 Å². The molecule has 0 radical (unpaired) electrons. The van der Waals surface area contributed by atoms with E-state index < -0.39 is 10.0 Å². The van der Waals surface area contributed by atoms with Gasteiger partial charge < -0.3 is 5.32 Å². The van der Waals surface area contributed by atoms with E-state index in [4.69, 9.17) is 0 Å². The zero-order valence-electron chi connectivity index (χ0n) is 10.3. The number of sulfonamides is 1. The number of benzene rings is 1. The average molecular weight is 256 g/mol. The van der Waals surface area contributed by atoms with Gasteiger partial charge in [0.15, 0.2) is 0 Å². The molecule has 5 heteroatoms. The summed E-state index contributed by atoms with van der Waals surface area (Å²) in [4.78, 5) is 0. The SMILES string of the molecule is CCC(NCCS(=O)(=O)NC)c1ccccc1. The predicted octanol–water partition coefficient (Wildman–Crippen LogP) is 1.28. The molecule has 0 aliphatic rings. The summed E-state index contributed by atoms with van der Waals surface area (Å²) in [5, 5.41) is 3.26. The molecule has 1 aromatic carbocycles. The normalized spacial score (nSPS) is 13.5. The third-order valence-corrected chi connectivity index (χ3v) is 4.05. The molecule has 1 aromatic rings. The van der Waals surface area contributed by atoms with Gasteiger partial charge in [-0.25, -0.2) is 13.1 Å². The van der Waals surface area contributed by atoms with Gasteiger partial charge in [-0.1, -0.05) is 37.3 Å². The summed E-state index contributed by atoms with van der Waals surface area (Å²) in [7, 11) is -1.68. The number of nitrogens with one attached hydrogen (secondary N) is 2. The summed E-state index contributed by atoms with van der Waals surface area (Å²) in [6.07, 6.45) is 0.934. The molecule has 4 nitrogen and oxygen atoms in total. The molecule has 1 rings (SSSR count). The Morgan fingerprint density at radius 2 is 1.88 bits per heavy atom. The molecule has 0 saturated heterocycles. The Hall–Kier alpha value is -0.910. The summed E-state index contributed by atoms with van der Waals surface area (Å²) < 4.78 is 24.8. The lowest BCUT2D eigenvalue weighted by atomic mass is 10.1. The molecule has 0 aliphatic carbocycles. The first-order chi connectivity index (χ1) is 8.09. The van der Waals surface area contributed by atoms with Crippen LogP contribution in [0.15, 0.2) is 30.3 Å². The maximum absolute atomic E-state index is 11.3. The second-order valence-electron chi connectivity index (χ2n) is 3.85. The van der Waals surface area contributed by atoms with Crippen molar-refractivity contribution in [2.24, 2.45) is 0 Å². The Labute approximate surface area is 103 Å². The quantitative estimate of drug-likeness (QED) is 0.772. The van der Waals surface area contributed by atoms with Crippen LogP contribution >= 0.6 is 0 Å². The Kier molecular flexibility index (Phi) is 5.61. The first-order valence-corrected chi connectivity index (χ1v) is 7.44. The molecule has 0 fully saturated rings. The van der Waals surface area contributed by atoms with E-state index in [0.29, 0.717) is 6.54 Å². The van der Waals surface area contributed by atoms with E-state index in [-0.39, 0.29) is 11.8 Å². The van der Waals surface area contributed by atoms with Crippen LogP contribution in [-0.2, 0) is 10.0 Å². The van der Waals surface area contributed by atoms with Gasteiger partial charge in [0.05, 0.1) is 5.75 Å². The molecule has 0 bridgehead atoms. The molecular weight excluding hydrogens is 236 g/mol. The molecule has 0 amide bonds. The minimum absolute atomic E-state index is 0.104. The monoisotopic (exact) mass is 256 g/mol. The first-order valence-electron chi connectivity index (χ1n) is 5.78. The van der Waals surface area contributed by atoms with Crippen molar-refractivity contribution >= 4 is 10.0 Å². The highest BCUT2D eigenvalue weighted by atomic mass is 32.2. The average Bonchev–Trinajstić information content (AvgIpc) is 2.36. The summed E-state index contributed by atoms with van der Waals surface area (Å²) in [5.41, 5.74) is 1.19. The molecule has 0 aliphatic heterocycles. The summed E-state index contributed by atoms with van der Waals surface area (Å²) >= 11 is 0. The number of rotatable bonds is 7. The van der Waals surface area contributed by atoms with Crippen molar-refractivity contribution in [1.82, 2.24) is 10.0 Å². The van der Waals surface area contributed by atoms with Crippen LogP contribution in [0.4, 0.5) is 0 Å². The topological polar surface area (TPSA) is 58.2 Å². The summed E-state index contributed by atoms with van der Waals surface area (Å²) in [6.45, 7) is 2.54. The van der Waals surface area contributed by atoms with E-state index in [0.717, 1.165) is 6.42 Å². The van der Waals surface area contributed by atoms with Crippen LogP contribution in [-0.4, -0.2) is 27.8 Å². The van der Waals surface area contributed by atoms with Crippen molar-refractivity contribution in [3.63, 3.8) is 0 Å². The highest BCUT2D eigenvalue weighted by Gasteiger charge is 2.10. The summed E-state index contributed by atoms with van der Waals surface area (Å²) in [5.74, 6) is 0.104. The van der Waals surface area contributed by atoms with Crippen LogP contribution in [0.3, 0.4) is 0 Å². The first kappa shape index (κ1) is 14.2. The van der Waals surface area contributed by atoms with Gasteiger partial charge >= 0.3 is 0 Å². The van der Waals surface area contributed by atoms with Crippen LogP contribution in [0, 0.1) is 0 Å². The van der Waals surface area contributed by atoms with Crippen LogP contribution < -0.4 is 10.0 Å². The molecule has 0 spiro atoms. The van der Waals surface area contributed by atoms with Gasteiger partial charge in [0, 0.05) is 12.6 Å². The molecule has 2 N–H and O–H groups in total. The lowest BCUT2D eigenvalue weighted by Gasteiger charge is -2.17. The van der Waals surface area contributed by atoms with Gasteiger partial charge in [-0.05, 0) is 19.0 Å². The maximum atomic E-state index is 11.3. The van der Waals surface area contributed by atoms with E-state index in [1.807, 2.05) is 30.3 Å². The lowest BCUT2D eigenvalue weighted by molar-refractivity contribution is 0.530. The second-order valence-corrected chi connectivity index (χ2v) is 5.89. The second kappa shape index (κ2) is 6.74. The maximum Gasteiger partial charge on any atom is 0.212 e. The van der Waals surface area contributed by atoms with E-state index in [1.165, 1.54) is 12.6 Å². The van der Waals surface area contributed by atoms with Gasteiger partial charge in [-0.15, -0.1) is 0 Å². The van der Waals surface area contributed by atoms with Crippen molar-refractivity contribution in [2.45, 2.75) is 19.4 Å². The highest BCUT2D eigenvalue weighted by Crippen LogP contribution is 2.15. The van der Waals surface area contributed by atoms with Gasteiger partial charge in [-0.3, -0.25) is 0 Å². The van der Waals surface area contributed by atoms with Crippen molar-refractivity contribution in [1.29, 1.82) is 0 Å². The standard InChI is InChI=1S/C12H20N2O2S/c1-3-12(11-7-5-4-6-8-11)14-9-10-17(15,16)13-2/h4-8,12-14H,3,9-10H2,1-2H3. The number of hydrogen-bond donors (Lipinski definition) is 2. The minimum Gasteiger partial charge on any atom is -0.309 e. The van der Waals surface area contributed by atoms with Gasteiger partial charge in [-0.2, -0.15) is 0 Å². The van der Waals surface area contributed by atoms with Crippen molar-refractivity contribution in [3.05, 3.63) is 35.9 Å². The van der Waals surface area contributed by atoms with Crippen molar-refractivity contribution in [2.75, 3.05) is 19.3 Å². The molecule has 1 atom stereocenters. The van der Waals surface area contributed by atoms with Crippen LogP contribution in [0.25, 0.3) is 0 Å². The van der Waals surface area contributed by atoms with E-state index in [2.05, 4.69) is 17.0 Å². The summed E-state index contributed by atoms with van der Waals surface area (Å²) in [6, 6.07) is 10.3. The van der Waals surface area contributed by atoms with E-state index in [1.54, 1.807) is 0 Å². The molecular formula is C12H20N2O2S. The van der Waals surface area contributed by atoms with Crippen LogP contribution in [0.5, 0.6) is 0 Å². The highest BCUT2D eigenvalue weighted by molar-refractivity contribution is 7.89.